The number of carbonyl (C=O) groups is 1. The molecule has 0 saturated carbocycles. The molecule has 0 saturated heterocycles. The number of nitriles is 1. The molecule has 0 aliphatic heterocycles. The Kier molecular flexibility index (Phi) is 8.58. The number of anilines is 1. The molecule has 0 heterocycles. The number of aryl methyl sites for hydroxylation is 1. The van der Waals surface area contributed by atoms with E-state index in [1.807, 2.05) is 57.2 Å². The zero-order chi connectivity index (χ0) is 21.1. The van der Waals surface area contributed by atoms with Crippen molar-refractivity contribution < 1.29 is 14.3 Å². The van der Waals surface area contributed by atoms with Crippen molar-refractivity contribution in [2.45, 2.75) is 27.2 Å². The van der Waals surface area contributed by atoms with Gasteiger partial charge in [-0.3, -0.25) is 4.79 Å². The van der Waals surface area contributed by atoms with Crippen LogP contribution in [0.25, 0.3) is 0 Å². The fraction of sp³-hybridized carbons (Fsp3) is 0.304. The Bertz CT molecular complexity index is 883. The third-order valence-electron chi connectivity index (χ3n) is 4.09. The molecule has 0 aliphatic rings. The first-order valence-electron chi connectivity index (χ1n) is 9.67. The largest absolute Gasteiger partial charge is 0.490 e. The molecule has 0 atom stereocenters. The van der Waals surface area contributed by atoms with Crippen molar-refractivity contribution in [3.63, 3.8) is 0 Å². The Labute approximate surface area is 172 Å². The first kappa shape index (κ1) is 21.8. The predicted octanol–water partition coefficient (Wildman–Crippen LogP) is 3.97. The number of ether oxygens (including phenoxy) is 2. The minimum atomic E-state index is -0.441. The maximum Gasteiger partial charge on any atom is 0.267 e. The molecule has 1 amide bonds. The van der Waals surface area contributed by atoms with Crippen molar-refractivity contribution in [3.05, 3.63) is 65.4 Å². The van der Waals surface area contributed by atoms with E-state index < -0.39 is 5.91 Å². The highest BCUT2D eigenvalue weighted by molar-refractivity contribution is 6.06. The van der Waals surface area contributed by atoms with Crippen LogP contribution in [0.1, 0.15) is 25.0 Å². The maximum atomic E-state index is 12.2. The first-order chi connectivity index (χ1) is 14.1. The number of hydrogen-bond donors (Lipinski definition) is 2. The second-order valence-electron chi connectivity index (χ2n) is 6.34. The van der Waals surface area contributed by atoms with Crippen LogP contribution in [0.5, 0.6) is 11.5 Å². The highest BCUT2D eigenvalue weighted by Gasteiger charge is 2.09. The van der Waals surface area contributed by atoms with Crippen molar-refractivity contribution in [2.24, 2.45) is 0 Å². The van der Waals surface area contributed by atoms with Gasteiger partial charge in [0, 0.05) is 18.4 Å². The van der Waals surface area contributed by atoms with Gasteiger partial charge >= 0.3 is 0 Å². The van der Waals surface area contributed by atoms with Crippen LogP contribution in [-0.2, 0) is 11.2 Å². The van der Waals surface area contributed by atoms with Crippen LogP contribution in [0.15, 0.2) is 54.2 Å². The summed E-state index contributed by atoms with van der Waals surface area (Å²) in [4.78, 5) is 12.2. The lowest BCUT2D eigenvalue weighted by molar-refractivity contribution is -0.112. The number of nitrogens with one attached hydrogen (secondary N) is 2. The van der Waals surface area contributed by atoms with Crippen LogP contribution in [-0.4, -0.2) is 25.7 Å². The number of hydrogen-bond acceptors (Lipinski definition) is 5. The molecule has 0 spiro atoms. The van der Waals surface area contributed by atoms with E-state index in [9.17, 15) is 10.1 Å². The minimum absolute atomic E-state index is 0.0206. The van der Waals surface area contributed by atoms with Crippen LogP contribution in [0.2, 0.25) is 0 Å². The van der Waals surface area contributed by atoms with Crippen LogP contribution >= 0.6 is 0 Å². The average Bonchev–Trinajstić information content (AvgIpc) is 2.72. The molecule has 0 bridgehead atoms. The van der Waals surface area contributed by atoms with Crippen molar-refractivity contribution in [3.8, 4) is 17.6 Å². The molecule has 2 aromatic rings. The summed E-state index contributed by atoms with van der Waals surface area (Å²) in [6.07, 6.45) is 2.16. The van der Waals surface area contributed by atoms with E-state index in [1.54, 1.807) is 12.1 Å². The summed E-state index contributed by atoms with van der Waals surface area (Å²) in [7, 11) is 0. The van der Waals surface area contributed by atoms with Crippen LogP contribution in [0.4, 0.5) is 5.69 Å². The molecule has 0 aliphatic carbocycles. The maximum absolute atomic E-state index is 12.2. The number of benzene rings is 2. The van der Waals surface area contributed by atoms with Crippen molar-refractivity contribution in [2.75, 3.05) is 25.1 Å². The zero-order valence-electron chi connectivity index (χ0n) is 17.1. The summed E-state index contributed by atoms with van der Waals surface area (Å²) in [6.45, 7) is 7.54. The number of carbonyl (C=O) groups excluding carboxylic acids is 1. The summed E-state index contributed by atoms with van der Waals surface area (Å²) < 4.78 is 11.2. The molecule has 0 fully saturated rings. The quantitative estimate of drug-likeness (QED) is 0.362. The lowest BCUT2D eigenvalue weighted by Gasteiger charge is -2.12. The average molecular weight is 393 g/mol. The van der Waals surface area contributed by atoms with Gasteiger partial charge in [0.25, 0.3) is 5.91 Å². The van der Waals surface area contributed by atoms with E-state index in [4.69, 9.17) is 9.47 Å². The highest BCUT2D eigenvalue weighted by Crippen LogP contribution is 2.28. The van der Waals surface area contributed by atoms with Gasteiger partial charge in [0.1, 0.15) is 11.6 Å². The number of rotatable bonds is 10. The van der Waals surface area contributed by atoms with Gasteiger partial charge in [0.2, 0.25) is 0 Å². The molecule has 29 heavy (non-hydrogen) atoms. The van der Waals surface area contributed by atoms with Crippen molar-refractivity contribution in [1.82, 2.24) is 5.32 Å². The van der Waals surface area contributed by atoms with Crippen molar-refractivity contribution >= 4 is 11.6 Å². The summed E-state index contributed by atoms with van der Waals surface area (Å²) in [5.41, 5.74) is 2.84. The molecule has 2 N–H and O–H groups in total. The first-order valence-corrected chi connectivity index (χ1v) is 9.67. The highest BCUT2D eigenvalue weighted by atomic mass is 16.5. The third-order valence-corrected chi connectivity index (χ3v) is 4.09. The van der Waals surface area contributed by atoms with Gasteiger partial charge in [-0.2, -0.15) is 5.26 Å². The molecule has 6 heteroatoms. The molecule has 0 radical (unpaired) electrons. The van der Waals surface area contributed by atoms with Gasteiger partial charge in [0.15, 0.2) is 11.5 Å². The van der Waals surface area contributed by atoms with E-state index in [2.05, 4.69) is 10.6 Å². The van der Waals surface area contributed by atoms with Gasteiger partial charge in [-0.05, 0) is 57.0 Å². The standard InChI is InChI=1S/C23H27N3O3/c1-4-28-21-11-8-18(14-22(21)29-5-2)12-13-25-16-19(15-24)23(27)26-20-9-6-17(3)7-10-20/h6-11,14,16,25H,4-5,12-13H2,1-3H3,(H,26,27)/b19-16-. The number of amides is 1. The molecule has 152 valence electrons. The van der Waals surface area contributed by atoms with Gasteiger partial charge < -0.3 is 20.1 Å². The van der Waals surface area contributed by atoms with E-state index in [1.165, 1.54) is 6.20 Å². The lowest BCUT2D eigenvalue weighted by Crippen LogP contribution is -2.18. The second-order valence-corrected chi connectivity index (χ2v) is 6.34. The summed E-state index contributed by atoms with van der Waals surface area (Å²) >= 11 is 0. The van der Waals surface area contributed by atoms with E-state index in [0.717, 1.165) is 22.6 Å². The van der Waals surface area contributed by atoms with Gasteiger partial charge in [-0.15, -0.1) is 0 Å². The summed E-state index contributed by atoms with van der Waals surface area (Å²) in [5, 5.41) is 15.0. The Morgan fingerprint density at radius 1 is 1.07 bits per heavy atom. The van der Waals surface area contributed by atoms with E-state index >= 15 is 0 Å². The van der Waals surface area contributed by atoms with Gasteiger partial charge in [0.05, 0.1) is 13.2 Å². The Morgan fingerprint density at radius 2 is 1.76 bits per heavy atom. The Balaban J connectivity index is 1.92. The second kappa shape index (κ2) is 11.4. The SMILES string of the molecule is CCOc1ccc(CCN/C=C(/C#N)C(=O)Nc2ccc(C)cc2)cc1OCC. The monoisotopic (exact) mass is 393 g/mol. The zero-order valence-corrected chi connectivity index (χ0v) is 17.1. The van der Waals surface area contributed by atoms with Crippen LogP contribution < -0.4 is 20.1 Å². The van der Waals surface area contributed by atoms with Crippen molar-refractivity contribution in [1.29, 1.82) is 5.26 Å². The molecular weight excluding hydrogens is 366 g/mol. The normalized spacial score (nSPS) is 10.8. The fourth-order valence-electron chi connectivity index (χ4n) is 2.63. The van der Waals surface area contributed by atoms with E-state index in [0.29, 0.717) is 31.9 Å². The van der Waals surface area contributed by atoms with Gasteiger partial charge in [-0.1, -0.05) is 23.8 Å². The van der Waals surface area contributed by atoms with Gasteiger partial charge in [-0.25, -0.2) is 0 Å². The topological polar surface area (TPSA) is 83.4 Å². The van der Waals surface area contributed by atoms with Crippen LogP contribution in [0.3, 0.4) is 0 Å². The summed E-state index contributed by atoms with van der Waals surface area (Å²) in [5.74, 6) is 1.01. The third kappa shape index (κ3) is 6.89. The fourth-order valence-corrected chi connectivity index (χ4v) is 2.63. The molecule has 6 nitrogen and oxygen atoms in total. The molecule has 2 rings (SSSR count). The molecule has 0 unspecified atom stereocenters. The van der Waals surface area contributed by atoms with Crippen LogP contribution in [0, 0.1) is 18.3 Å². The summed E-state index contributed by atoms with van der Waals surface area (Å²) in [6, 6.07) is 15.2. The minimum Gasteiger partial charge on any atom is -0.490 e. The smallest absolute Gasteiger partial charge is 0.267 e. The molecule has 2 aromatic carbocycles. The molecule has 0 aromatic heterocycles. The van der Waals surface area contributed by atoms with E-state index in [-0.39, 0.29) is 5.57 Å². The Hall–Kier alpha value is -3.46. The number of nitrogens with zero attached hydrogens (tertiary/aromatic N) is 1. The Morgan fingerprint density at radius 3 is 2.41 bits per heavy atom. The lowest BCUT2D eigenvalue weighted by atomic mass is 10.1. The molecular formula is C23H27N3O3. The predicted molar refractivity (Wildman–Crippen MR) is 114 cm³/mol.